The summed E-state index contributed by atoms with van der Waals surface area (Å²) in [5.41, 5.74) is 6.52. The lowest BCUT2D eigenvalue weighted by Crippen LogP contribution is -2.63. The van der Waals surface area contributed by atoms with Gasteiger partial charge in [-0.2, -0.15) is 0 Å². The first-order valence-corrected chi connectivity index (χ1v) is 22.4. The van der Waals surface area contributed by atoms with Crippen LogP contribution in [0, 0.1) is 18.3 Å². The zero-order valence-electron chi connectivity index (χ0n) is 39.0. The normalized spacial score (nSPS) is 16.3. The molecule has 0 saturated carbocycles. The summed E-state index contributed by atoms with van der Waals surface area (Å²) in [6.07, 6.45) is 1.72. The minimum Gasteiger partial charge on any atom is -0.394 e. The molecule has 1 heterocycles. The molecule has 8 amide bonds. The Balaban J connectivity index is 1.93. The fraction of sp³-hybridized carbons (Fsp3) is 0.553. The van der Waals surface area contributed by atoms with Crippen LogP contribution in [0.25, 0.3) is 0 Å². The lowest BCUT2D eigenvalue weighted by Gasteiger charge is -2.34. The molecule has 0 aliphatic carbocycles. The molecule has 19 nitrogen and oxygen atoms in total. The number of ketones is 1. The lowest BCUT2D eigenvalue weighted by molar-refractivity contribution is -0.139. The summed E-state index contributed by atoms with van der Waals surface area (Å²) in [5, 5.41) is 28.4. The van der Waals surface area contributed by atoms with Crippen molar-refractivity contribution < 1.29 is 53.0 Å². The van der Waals surface area contributed by atoms with E-state index in [0.29, 0.717) is 18.4 Å². The fourth-order valence-corrected chi connectivity index (χ4v) is 7.14. The van der Waals surface area contributed by atoms with Gasteiger partial charge in [-0.1, -0.05) is 109 Å². The number of carbonyl (C=O) groups excluding carboxylic acids is 9. The topological polar surface area (TPSA) is 293 Å². The van der Waals surface area contributed by atoms with E-state index in [1.165, 1.54) is 0 Å². The molecule has 0 aromatic heterocycles. The van der Waals surface area contributed by atoms with Gasteiger partial charge < -0.3 is 52.8 Å². The molecule has 362 valence electrons. The molecule has 2 aromatic rings. The van der Waals surface area contributed by atoms with Gasteiger partial charge in [0, 0.05) is 12.8 Å². The summed E-state index contributed by atoms with van der Waals surface area (Å²) < 4.78 is 5.86. The van der Waals surface area contributed by atoms with Crippen molar-refractivity contribution in [2.45, 2.75) is 142 Å². The molecule has 0 radical (unpaired) electrons. The summed E-state index contributed by atoms with van der Waals surface area (Å²) in [7, 11) is 0. The third-order valence-corrected chi connectivity index (χ3v) is 11.0. The number of aliphatic hydroxyl groups is 1. The Morgan fingerprint density at radius 2 is 1.35 bits per heavy atom. The van der Waals surface area contributed by atoms with Crippen molar-refractivity contribution in [1.29, 1.82) is 0 Å². The second-order valence-electron chi connectivity index (χ2n) is 18.1. The van der Waals surface area contributed by atoms with Crippen LogP contribution in [0.4, 0.5) is 0 Å². The maximum atomic E-state index is 14.5. The zero-order chi connectivity index (χ0) is 49.1. The highest BCUT2D eigenvalue weighted by molar-refractivity contribution is 6.37. The van der Waals surface area contributed by atoms with E-state index in [2.05, 4.69) is 37.2 Å². The molecule has 1 saturated heterocycles. The molecule has 7 atom stereocenters. The Morgan fingerprint density at radius 1 is 0.773 bits per heavy atom. The first-order valence-electron chi connectivity index (χ1n) is 22.4. The molecule has 1 aliphatic heterocycles. The molecule has 1 fully saturated rings. The number of nitrogens with one attached hydrogen (secondary N) is 7. The van der Waals surface area contributed by atoms with E-state index in [1.807, 2.05) is 39.8 Å². The number of hydrogen-bond donors (Lipinski definition) is 9. The van der Waals surface area contributed by atoms with Crippen LogP contribution in [0.5, 0.6) is 0 Å². The lowest BCUT2D eigenvalue weighted by atomic mass is 9.85. The number of nitrogens with two attached hydrogens (primary N) is 1. The maximum Gasteiger partial charge on any atom is 0.287 e. The van der Waals surface area contributed by atoms with Gasteiger partial charge in [-0.15, -0.1) is 0 Å². The number of ether oxygens (including phenoxy) is 1. The van der Waals surface area contributed by atoms with Gasteiger partial charge in [0.05, 0.1) is 25.9 Å². The summed E-state index contributed by atoms with van der Waals surface area (Å²) in [4.78, 5) is 119. The number of aliphatic hydroxyl groups excluding tert-OH is 1. The first-order chi connectivity index (χ1) is 31.1. The van der Waals surface area contributed by atoms with E-state index in [0.717, 1.165) is 11.1 Å². The molecule has 19 heteroatoms. The Labute approximate surface area is 386 Å². The number of benzene rings is 2. The number of rotatable bonds is 26. The van der Waals surface area contributed by atoms with Crippen molar-refractivity contribution in [2.24, 2.45) is 17.1 Å². The molecule has 10 N–H and O–H groups in total. The van der Waals surface area contributed by atoms with Crippen molar-refractivity contribution in [3.63, 3.8) is 0 Å². The predicted molar refractivity (Wildman–Crippen MR) is 243 cm³/mol. The van der Waals surface area contributed by atoms with Gasteiger partial charge in [-0.3, -0.25) is 43.2 Å². The number of Topliss-reactive ketones (excluding diaryl/α,β-unsaturated/α-hetero) is 1. The van der Waals surface area contributed by atoms with E-state index < -0.39 is 108 Å². The molecule has 1 unspecified atom stereocenters. The van der Waals surface area contributed by atoms with Gasteiger partial charge in [0.15, 0.2) is 0 Å². The number of hydrogen-bond acceptors (Lipinski definition) is 11. The Morgan fingerprint density at radius 3 is 1.92 bits per heavy atom. The molecule has 2 aromatic carbocycles. The van der Waals surface area contributed by atoms with Gasteiger partial charge in [0.25, 0.3) is 5.91 Å². The summed E-state index contributed by atoms with van der Waals surface area (Å²) >= 11 is 0. The largest absolute Gasteiger partial charge is 0.394 e. The SMILES string of the molecule is CCCCC(NC(=O)[C@H](CC(C)C)NC(=O)[C@@H](NC(=O)[C@H](Cc1ccccc1C)NC(=O)[C@@H](COCc1ccccc1)NC(=O)[C@H](CO)NC(=O)[C@@H]1CCC(=O)N1)C(C)(C)C)C(=O)C(N)=O. The van der Waals surface area contributed by atoms with Crippen molar-refractivity contribution in [1.82, 2.24) is 37.2 Å². The van der Waals surface area contributed by atoms with Crippen molar-refractivity contribution >= 4 is 53.0 Å². The van der Waals surface area contributed by atoms with Crippen LogP contribution in [-0.2, 0) is 60.9 Å². The summed E-state index contributed by atoms with van der Waals surface area (Å²) in [6.45, 7) is 11.2. The standard InChI is InChI=1S/C47H68N8O11/c1-8-9-19-31(38(58)40(48)59)50-42(61)33(22-27(2)3)52-46(65)39(47(5,6)7)55-43(62)34(23-30-18-14-13-15-28(30)4)51-45(64)36(26-66-25-29-16-11-10-12-17-29)54-44(63)35(24-56)53-41(60)32-20-21-37(57)49-32/h10-18,27,31-36,39,56H,8-9,19-26H2,1-7H3,(H2,48,59)(H,49,57)(H,50,61)(H,51,64)(H,52,65)(H,53,60)(H,54,63)(H,55,62)/t31?,32-,33-,34-,35-,36+,39+/m0/s1. The van der Waals surface area contributed by atoms with Gasteiger partial charge in [-0.05, 0) is 54.2 Å². The number of unbranched alkanes of at least 4 members (excludes halogenated alkanes) is 1. The molecule has 1 aliphatic rings. The second kappa shape index (κ2) is 26.1. The number of amides is 8. The van der Waals surface area contributed by atoms with Crippen LogP contribution in [0.1, 0.15) is 96.8 Å². The predicted octanol–water partition coefficient (Wildman–Crippen LogP) is 0.271. The first kappa shape index (κ1) is 54.1. The minimum absolute atomic E-state index is 0.0359. The molecule has 3 rings (SSSR count). The molecule has 0 bridgehead atoms. The Hall–Kier alpha value is -6.21. The number of primary amides is 1. The van der Waals surface area contributed by atoms with Crippen LogP contribution in [-0.4, -0.2) is 114 Å². The van der Waals surface area contributed by atoms with Crippen LogP contribution in [0.2, 0.25) is 0 Å². The number of carbonyl (C=O) groups is 9. The van der Waals surface area contributed by atoms with E-state index in [-0.39, 0.29) is 50.5 Å². The summed E-state index contributed by atoms with van der Waals surface area (Å²) in [6, 6.07) is 7.20. The van der Waals surface area contributed by atoms with Crippen molar-refractivity contribution in [3.8, 4) is 0 Å². The zero-order valence-corrected chi connectivity index (χ0v) is 39.0. The van der Waals surface area contributed by atoms with Crippen molar-refractivity contribution in [3.05, 3.63) is 71.3 Å². The Bertz CT molecular complexity index is 2020. The van der Waals surface area contributed by atoms with Crippen molar-refractivity contribution in [2.75, 3.05) is 13.2 Å². The van der Waals surface area contributed by atoms with Crippen LogP contribution < -0.4 is 43.0 Å². The highest BCUT2D eigenvalue weighted by atomic mass is 16.5. The van der Waals surface area contributed by atoms with Gasteiger partial charge >= 0.3 is 0 Å². The molecular weight excluding hydrogens is 853 g/mol. The minimum atomic E-state index is -1.52. The summed E-state index contributed by atoms with van der Waals surface area (Å²) in [5.74, 6) is -7.38. The highest BCUT2D eigenvalue weighted by Gasteiger charge is 2.39. The van der Waals surface area contributed by atoms with E-state index in [9.17, 15) is 48.3 Å². The monoisotopic (exact) mass is 921 g/mol. The van der Waals surface area contributed by atoms with Gasteiger partial charge in [-0.25, -0.2) is 0 Å². The van der Waals surface area contributed by atoms with E-state index in [1.54, 1.807) is 63.2 Å². The number of aryl methyl sites for hydroxylation is 1. The van der Waals surface area contributed by atoms with Crippen LogP contribution in [0.15, 0.2) is 54.6 Å². The van der Waals surface area contributed by atoms with E-state index in [4.69, 9.17) is 10.5 Å². The quantitative estimate of drug-likeness (QED) is 0.0578. The Kier molecular flexibility index (Phi) is 21.4. The van der Waals surface area contributed by atoms with Gasteiger partial charge in [0.2, 0.25) is 47.1 Å². The van der Waals surface area contributed by atoms with E-state index >= 15 is 0 Å². The molecule has 0 spiro atoms. The third kappa shape index (κ3) is 17.3. The third-order valence-electron chi connectivity index (χ3n) is 11.0. The fourth-order valence-electron chi connectivity index (χ4n) is 7.14. The second-order valence-corrected chi connectivity index (χ2v) is 18.1. The molecular formula is C47H68N8O11. The highest BCUT2D eigenvalue weighted by Crippen LogP contribution is 2.21. The van der Waals surface area contributed by atoms with Crippen LogP contribution in [0.3, 0.4) is 0 Å². The average molecular weight is 921 g/mol. The van der Waals surface area contributed by atoms with Crippen LogP contribution >= 0.6 is 0 Å². The molecule has 66 heavy (non-hydrogen) atoms. The average Bonchev–Trinajstić information content (AvgIpc) is 3.71. The smallest absolute Gasteiger partial charge is 0.287 e. The maximum absolute atomic E-state index is 14.5. The van der Waals surface area contributed by atoms with Gasteiger partial charge in [0.1, 0.15) is 36.3 Å².